The summed E-state index contributed by atoms with van der Waals surface area (Å²) in [6.07, 6.45) is 5.21. The van der Waals surface area contributed by atoms with Crippen molar-refractivity contribution in [3.8, 4) is 0 Å². The number of hydrogen-bond acceptors (Lipinski definition) is 6. The van der Waals surface area contributed by atoms with Gasteiger partial charge in [-0.05, 0) is 67.7 Å². The van der Waals surface area contributed by atoms with E-state index in [2.05, 4.69) is 55.7 Å². The van der Waals surface area contributed by atoms with Gasteiger partial charge in [0.05, 0.1) is 11.8 Å². The van der Waals surface area contributed by atoms with Gasteiger partial charge in [-0.1, -0.05) is 12.1 Å². The Labute approximate surface area is 212 Å². The lowest BCUT2D eigenvalue weighted by molar-refractivity contribution is -0.126. The molecule has 2 atom stereocenters. The molecule has 2 unspecified atom stereocenters. The molecule has 3 fully saturated rings. The first-order valence-corrected chi connectivity index (χ1v) is 13.4. The van der Waals surface area contributed by atoms with Crippen LogP contribution < -0.4 is 10.2 Å². The van der Waals surface area contributed by atoms with Gasteiger partial charge in [0.1, 0.15) is 17.0 Å². The molecule has 2 aliphatic carbocycles. The molecular formula is C27H30F3N5S. The van der Waals surface area contributed by atoms with Crippen LogP contribution in [-0.2, 0) is 11.8 Å². The number of rotatable bonds is 6. The third-order valence-corrected chi connectivity index (χ3v) is 9.21. The van der Waals surface area contributed by atoms with Crippen molar-refractivity contribution in [3.63, 3.8) is 0 Å². The lowest BCUT2D eigenvalue weighted by Crippen LogP contribution is -2.27. The topological polar surface area (TPSA) is 53.4 Å². The van der Waals surface area contributed by atoms with Gasteiger partial charge in [-0.15, -0.1) is 11.3 Å². The molecule has 0 radical (unpaired) electrons. The molecule has 3 heterocycles. The summed E-state index contributed by atoms with van der Waals surface area (Å²) in [5.41, 5.74) is 2.87. The smallest absolute Gasteiger partial charge is 0.382 e. The summed E-state index contributed by atoms with van der Waals surface area (Å²) < 4.78 is 38.8. The molecule has 1 saturated heterocycles. The first-order valence-electron chi connectivity index (χ1n) is 12.6. The Morgan fingerprint density at radius 2 is 1.97 bits per heavy atom. The minimum absolute atomic E-state index is 0.153. The molecule has 5 nitrogen and oxygen atoms in total. The Hall–Kier alpha value is -2.68. The van der Waals surface area contributed by atoms with E-state index in [4.69, 9.17) is 0 Å². The predicted molar refractivity (Wildman–Crippen MR) is 139 cm³/mol. The number of fused-ring (bicyclic) bond motifs is 1. The SMILES string of the molecule is C/N=C\C1(c2ccc(NC3CCC4(CCN(c5ncnc6sc(CC(F)(F)F)cc56)C4)C3)cc2)CC1. The van der Waals surface area contributed by atoms with Crippen LogP contribution in [0.4, 0.5) is 24.7 Å². The second-order valence-electron chi connectivity index (χ2n) is 10.8. The van der Waals surface area contributed by atoms with Crippen LogP contribution in [0, 0.1) is 5.41 Å². The van der Waals surface area contributed by atoms with E-state index >= 15 is 0 Å². The van der Waals surface area contributed by atoms with E-state index in [-0.39, 0.29) is 10.8 Å². The van der Waals surface area contributed by atoms with Gasteiger partial charge in [0.2, 0.25) is 0 Å². The van der Waals surface area contributed by atoms with E-state index in [0.717, 1.165) is 67.0 Å². The van der Waals surface area contributed by atoms with Crippen molar-refractivity contribution >= 4 is 39.3 Å². The molecule has 6 rings (SSSR count). The zero-order valence-electron chi connectivity index (χ0n) is 20.3. The van der Waals surface area contributed by atoms with Crippen LogP contribution in [0.25, 0.3) is 10.2 Å². The number of halogens is 3. The molecule has 1 N–H and O–H groups in total. The molecule has 0 amide bonds. The third kappa shape index (κ3) is 4.58. The molecule has 9 heteroatoms. The van der Waals surface area contributed by atoms with Crippen molar-refractivity contribution in [2.24, 2.45) is 10.4 Å². The van der Waals surface area contributed by atoms with E-state index in [9.17, 15) is 13.2 Å². The number of hydrogen-bond donors (Lipinski definition) is 1. The Morgan fingerprint density at radius 3 is 2.69 bits per heavy atom. The van der Waals surface area contributed by atoms with E-state index in [1.807, 2.05) is 7.05 Å². The highest BCUT2D eigenvalue weighted by Crippen LogP contribution is 2.49. The fourth-order valence-corrected chi connectivity index (χ4v) is 7.28. The van der Waals surface area contributed by atoms with Crippen molar-refractivity contribution < 1.29 is 13.2 Å². The van der Waals surface area contributed by atoms with Crippen LogP contribution in [0.3, 0.4) is 0 Å². The van der Waals surface area contributed by atoms with Crippen LogP contribution in [0.15, 0.2) is 41.7 Å². The molecule has 3 aromatic rings. The third-order valence-electron chi connectivity index (χ3n) is 8.17. The van der Waals surface area contributed by atoms with Crippen LogP contribution in [0.1, 0.15) is 49.0 Å². The first kappa shape index (κ1) is 23.7. The number of aromatic nitrogens is 2. The molecule has 1 aliphatic heterocycles. The maximum atomic E-state index is 12.9. The molecule has 1 spiro atoms. The molecule has 36 heavy (non-hydrogen) atoms. The normalized spacial score (nSPS) is 25.4. The molecule has 3 aliphatic rings. The maximum Gasteiger partial charge on any atom is 0.393 e. The Kier molecular flexibility index (Phi) is 5.74. The Morgan fingerprint density at radius 1 is 1.17 bits per heavy atom. The molecular weight excluding hydrogens is 483 g/mol. The quantitative estimate of drug-likeness (QED) is 0.388. The van der Waals surface area contributed by atoms with Gasteiger partial charge in [0.15, 0.2) is 0 Å². The standard InChI is InChI=1S/C27H30F3N5S/c1-31-15-26(8-9-26)18-2-4-19(5-3-18)34-20-6-7-25(13-20)10-11-35(16-25)23-22-12-21(14-27(28,29)30)36-24(22)33-17-32-23/h2-5,12,15,17,20,34H,6-11,13-14,16H2,1H3/b31-15-. The Balaban J connectivity index is 1.12. The van der Waals surface area contributed by atoms with Gasteiger partial charge >= 0.3 is 6.18 Å². The average molecular weight is 514 g/mol. The summed E-state index contributed by atoms with van der Waals surface area (Å²) in [5, 5.41) is 4.49. The molecule has 2 saturated carbocycles. The van der Waals surface area contributed by atoms with Gasteiger partial charge in [0, 0.05) is 48.4 Å². The zero-order valence-corrected chi connectivity index (χ0v) is 21.1. The van der Waals surface area contributed by atoms with Crippen molar-refractivity contribution in [2.75, 3.05) is 30.4 Å². The van der Waals surface area contributed by atoms with Crippen LogP contribution >= 0.6 is 11.3 Å². The summed E-state index contributed by atoms with van der Waals surface area (Å²) in [6.45, 7) is 1.76. The summed E-state index contributed by atoms with van der Waals surface area (Å²) in [5.74, 6) is 0.776. The summed E-state index contributed by atoms with van der Waals surface area (Å²) >= 11 is 1.12. The summed E-state index contributed by atoms with van der Waals surface area (Å²) in [6, 6.07) is 10.9. The van der Waals surface area contributed by atoms with Crippen molar-refractivity contribution in [3.05, 3.63) is 47.1 Å². The number of nitrogens with one attached hydrogen (secondary N) is 1. The van der Waals surface area contributed by atoms with Gasteiger partial charge < -0.3 is 10.2 Å². The number of anilines is 2. The molecule has 190 valence electrons. The number of nitrogens with zero attached hydrogens (tertiary/aromatic N) is 4. The van der Waals surface area contributed by atoms with E-state index in [1.54, 1.807) is 6.07 Å². The van der Waals surface area contributed by atoms with Gasteiger partial charge in [0.25, 0.3) is 0 Å². The predicted octanol–water partition coefficient (Wildman–Crippen LogP) is 6.39. The maximum absolute atomic E-state index is 12.9. The molecule has 2 aromatic heterocycles. The Bertz CT molecular complexity index is 1280. The highest BCUT2D eigenvalue weighted by Gasteiger charge is 2.45. The second kappa shape index (κ2) is 8.71. The summed E-state index contributed by atoms with van der Waals surface area (Å²) in [7, 11) is 1.84. The van der Waals surface area contributed by atoms with Crippen LogP contribution in [-0.4, -0.2) is 48.5 Å². The summed E-state index contributed by atoms with van der Waals surface area (Å²) in [4.78, 5) is 16.2. The highest BCUT2D eigenvalue weighted by molar-refractivity contribution is 7.18. The minimum Gasteiger partial charge on any atom is -0.382 e. The monoisotopic (exact) mass is 513 g/mol. The van der Waals surface area contributed by atoms with Gasteiger partial charge in [-0.3, -0.25) is 4.99 Å². The van der Waals surface area contributed by atoms with Gasteiger partial charge in [-0.25, -0.2) is 9.97 Å². The van der Waals surface area contributed by atoms with Crippen molar-refractivity contribution in [1.82, 2.24) is 9.97 Å². The fourth-order valence-electron chi connectivity index (χ4n) is 6.25. The largest absolute Gasteiger partial charge is 0.393 e. The minimum atomic E-state index is -4.22. The average Bonchev–Trinajstić information content (AvgIpc) is 3.15. The van der Waals surface area contributed by atoms with E-state index in [0.29, 0.717) is 15.7 Å². The lowest BCUT2D eigenvalue weighted by Gasteiger charge is -2.25. The lowest BCUT2D eigenvalue weighted by atomic mass is 9.85. The van der Waals surface area contributed by atoms with Crippen molar-refractivity contribution in [1.29, 1.82) is 0 Å². The molecule has 1 aromatic carbocycles. The number of benzene rings is 1. The van der Waals surface area contributed by atoms with Crippen LogP contribution in [0.2, 0.25) is 0 Å². The first-order chi connectivity index (χ1) is 17.3. The number of thiophene rings is 1. The van der Waals surface area contributed by atoms with Crippen LogP contribution in [0.5, 0.6) is 0 Å². The fraction of sp³-hybridized carbons (Fsp3) is 0.519. The number of alkyl halides is 3. The zero-order chi connectivity index (χ0) is 25.0. The van der Waals surface area contributed by atoms with Crippen molar-refractivity contribution in [2.45, 2.75) is 62.6 Å². The highest BCUT2D eigenvalue weighted by atomic mass is 32.1. The number of aliphatic imine (C=N–C) groups is 1. The van der Waals surface area contributed by atoms with E-state index < -0.39 is 12.6 Å². The van der Waals surface area contributed by atoms with E-state index in [1.165, 1.54) is 24.7 Å². The molecule has 0 bridgehead atoms. The van der Waals surface area contributed by atoms with Gasteiger partial charge in [-0.2, -0.15) is 13.2 Å². The second-order valence-corrected chi connectivity index (χ2v) is 11.9.